The number of halogens is 4. The first-order valence-corrected chi connectivity index (χ1v) is 9.08. The molecule has 29 heavy (non-hydrogen) atoms. The lowest BCUT2D eigenvalue weighted by Gasteiger charge is -2.13. The fraction of sp³-hybridized carbons (Fsp3) is 0.105. The van der Waals surface area contributed by atoms with Gasteiger partial charge < -0.3 is 0 Å². The number of carbonyl (C=O) groups is 2. The largest absolute Gasteiger partial charge is 0.416 e. The highest BCUT2D eigenvalue weighted by Gasteiger charge is 2.34. The van der Waals surface area contributed by atoms with Crippen LogP contribution in [0.15, 0.2) is 47.5 Å². The van der Waals surface area contributed by atoms with E-state index >= 15 is 0 Å². The summed E-state index contributed by atoms with van der Waals surface area (Å²) in [6.45, 7) is -0.189. The number of alkyl halides is 3. The van der Waals surface area contributed by atoms with Crippen LogP contribution in [0.25, 0.3) is 17.0 Å². The highest BCUT2D eigenvalue weighted by Crippen LogP contribution is 2.33. The van der Waals surface area contributed by atoms with Gasteiger partial charge in [-0.25, -0.2) is 4.39 Å². The summed E-state index contributed by atoms with van der Waals surface area (Å²) in [6, 6.07) is 7.57. The second-order valence-corrected chi connectivity index (χ2v) is 7.29. The van der Waals surface area contributed by atoms with E-state index in [2.05, 4.69) is 10.4 Å². The van der Waals surface area contributed by atoms with Gasteiger partial charge in [0.1, 0.15) is 5.82 Å². The minimum absolute atomic E-state index is 0.104. The van der Waals surface area contributed by atoms with E-state index in [1.54, 1.807) is 24.3 Å². The van der Waals surface area contributed by atoms with Crippen molar-refractivity contribution in [2.24, 2.45) is 0 Å². The van der Waals surface area contributed by atoms with Crippen LogP contribution in [0.5, 0.6) is 0 Å². The molecule has 1 aliphatic rings. The van der Waals surface area contributed by atoms with Gasteiger partial charge in [0.05, 0.1) is 28.7 Å². The third-order valence-corrected chi connectivity index (χ3v) is 5.11. The number of nitrogens with zero attached hydrogens (tertiary/aromatic N) is 2. The molecule has 2 heterocycles. The predicted molar refractivity (Wildman–Crippen MR) is 99.3 cm³/mol. The lowest BCUT2D eigenvalue weighted by atomic mass is 10.1. The van der Waals surface area contributed by atoms with Gasteiger partial charge in [0.25, 0.3) is 11.1 Å². The molecule has 1 fully saturated rings. The van der Waals surface area contributed by atoms with Crippen molar-refractivity contribution in [3.8, 4) is 0 Å². The highest BCUT2D eigenvalue weighted by molar-refractivity contribution is 8.18. The summed E-state index contributed by atoms with van der Waals surface area (Å²) in [5.41, 5.74) is 0.0652. The average molecular weight is 421 g/mol. The molecule has 1 N–H and O–H groups in total. The normalized spacial score (nSPS) is 16.1. The van der Waals surface area contributed by atoms with Crippen molar-refractivity contribution in [3.63, 3.8) is 0 Å². The third-order valence-electron chi connectivity index (χ3n) is 4.30. The summed E-state index contributed by atoms with van der Waals surface area (Å²) in [4.78, 5) is 23.1. The number of nitrogens with one attached hydrogen (secondary N) is 1. The Kier molecular flexibility index (Phi) is 4.65. The smallest absolute Gasteiger partial charge is 0.282 e. The summed E-state index contributed by atoms with van der Waals surface area (Å²) >= 11 is 0.789. The molecular weight excluding hydrogens is 410 g/mol. The standard InChI is InChI=1S/C19H11F4N3O2S/c20-13-3-2-11(14(7-13)19(21,22)23)9-26-15-4-1-10(5-12(15)8-24-26)6-16-17(27)25-18(28)29-16/h1-8H,9H2,(H,25,27,28). The quantitative estimate of drug-likeness (QED) is 0.497. The van der Waals surface area contributed by atoms with Gasteiger partial charge in [0, 0.05) is 5.39 Å². The second-order valence-electron chi connectivity index (χ2n) is 6.27. The van der Waals surface area contributed by atoms with Crippen LogP contribution in [0, 0.1) is 5.82 Å². The van der Waals surface area contributed by atoms with Crippen molar-refractivity contribution < 1.29 is 27.2 Å². The number of amides is 2. The van der Waals surface area contributed by atoms with Crippen molar-refractivity contribution in [1.82, 2.24) is 15.1 Å². The molecule has 4 rings (SSSR count). The van der Waals surface area contributed by atoms with E-state index in [-0.39, 0.29) is 17.0 Å². The van der Waals surface area contributed by atoms with Crippen molar-refractivity contribution in [3.05, 3.63) is 70.0 Å². The summed E-state index contributed by atoms with van der Waals surface area (Å²) in [5.74, 6) is -1.44. The molecule has 0 unspecified atom stereocenters. The number of carbonyl (C=O) groups excluding carboxylic acids is 2. The lowest BCUT2D eigenvalue weighted by Crippen LogP contribution is -2.17. The summed E-state index contributed by atoms with van der Waals surface area (Å²) in [7, 11) is 0. The maximum Gasteiger partial charge on any atom is 0.416 e. The minimum Gasteiger partial charge on any atom is -0.282 e. The molecular formula is C19H11F4N3O2S. The molecule has 1 saturated heterocycles. The maximum atomic E-state index is 13.3. The van der Waals surface area contributed by atoms with Gasteiger partial charge in [0.15, 0.2) is 0 Å². The van der Waals surface area contributed by atoms with Gasteiger partial charge in [0.2, 0.25) is 0 Å². The molecule has 0 bridgehead atoms. The van der Waals surface area contributed by atoms with E-state index in [1.165, 1.54) is 10.9 Å². The van der Waals surface area contributed by atoms with Crippen LogP contribution in [0.3, 0.4) is 0 Å². The molecule has 0 saturated carbocycles. The number of imide groups is 1. The Morgan fingerprint density at radius 1 is 1.14 bits per heavy atom. The molecule has 0 aliphatic carbocycles. The molecule has 0 spiro atoms. The number of hydrogen-bond acceptors (Lipinski definition) is 4. The van der Waals surface area contributed by atoms with Gasteiger partial charge >= 0.3 is 6.18 Å². The van der Waals surface area contributed by atoms with E-state index in [9.17, 15) is 27.2 Å². The molecule has 148 valence electrons. The molecule has 2 amide bonds. The number of thioether (sulfide) groups is 1. The average Bonchev–Trinajstić information content (AvgIpc) is 3.18. The Balaban J connectivity index is 1.67. The summed E-state index contributed by atoms with van der Waals surface area (Å²) in [5, 5.41) is 6.49. The second kappa shape index (κ2) is 7.03. The van der Waals surface area contributed by atoms with E-state index in [1.807, 2.05) is 0 Å². The summed E-state index contributed by atoms with van der Waals surface area (Å²) in [6.07, 6.45) is -1.65. The van der Waals surface area contributed by atoms with Crippen LogP contribution in [-0.4, -0.2) is 20.9 Å². The third kappa shape index (κ3) is 3.88. The van der Waals surface area contributed by atoms with Crippen molar-refractivity contribution >= 4 is 39.9 Å². The molecule has 5 nitrogen and oxygen atoms in total. The SMILES string of the molecule is O=C1NC(=O)C(=Cc2ccc3c(cnn3Cc3ccc(F)cc3C(F)(F)F)c2)S1. The van der Waals surface area contributed by atoms with Crippen molar-refractivity contribution in [2.75, 3.05) is 0 Å². The van der Waals surface area contributed by atoms with Gasteiger partial charge in [-0.1, -0.05) is 12.1 Å². The minimum atomic E-state index is -4.68. The van der Waals surface area contributed by atoms with Gasteiger partial charge in [-0.15, -0.1) is 0 Å². The monoisotopic (exact) mass is 421 g/mol. The van der Waals surface area contributed by atoms with Crippen molar-refractivity contribution in [1.29, 1.82) is 0 Å². The first-order valence-electron chi connectivity index (χ1n) is 8.27. The molecule has 1 aliphatic heterocycles. The number of rotatable bonds is 3. The Morgan fingerprint density at radius 2 is 1.93 bits per heavy atom. The van der Waals surface area contributed by atoms with Gasteiger partial charge in [-0.2, -0.15) is 18.3 Å². The Morgan fingerprint density at radius 3 is 2.62 bits per heavy atom. The topological polar surface area (TPSA) is 64.0 Å². The zero-order chi connectivity index (χ0) is 20.8. The van der Waals surface area contributed by atoms with Crippen LogP contribution in [0.2, 0.25) is 0 Å². The van der Waals surface area contributed by atoms with E-state index < -0.39 is 28.7 Å². The fourth-order valence-corrected chi connectivity index (χ4v) is 3.69. The zero-order valence-electron chi connectivity index (χ0n) is 14.5. The molecule has 10 heteroatoms. The molecule has 0 atom stereocenters. The number of hydrogen-bond donors (Lipinski definition) is 1. The maximum absolute atomic E-state index is 13.3. The lowest BCUT2D eigenvalue weighted by molar-refractivity contribution is -0.138. The number of fused-ring (bicyclic) bond motifs is 1. The Labute approximate surface area is 165 Å². The summed E-state index contributed by atoms with van der Waals surface area (Å²) < 4.78 is 54.3. The first-order chi connectivity index (χ1) is 13.7. The van der Waals surface area contributed by atoms with E-state index in [4.69, 9.17) is 0 Å². The van der Waals surface area contributed by atoms with Crippen LogP contribution < -0.4 is 5.32 Å². The Bertz CT molecular complexity index is 1180. The fourth-order valence-electron chi connectivity index (χ4n) is 3.01. The van der Waals surface area contributed by atoms with Crippen LogP contribution in [-0.2, 0) is 17.5 Å². The van der Waals surface area contributed by atoms with Crippen LogP contribution in [0.4, 0.5) is 22.4 Å². The molecule has 0 radical (unpaired) electrons. The predicted octanol–water partition coefficient (Wildman–Crippen LogP) is 4.57. The zero-order valence-corrected chi connectivity index (χ0v) is 15.3. The number of benzene rings is 2. The number of aromatic nitrogens is 2. The van der Waals surface area contributed by atoms with Crippen molar-refractivity contribution in [2.45, 2.75) is 12.7 Å². The molecule has 2 aromatic carbocycles. The van der Waals surface area contributed by atoms with Crippen LogP contribution in [0.1, 0.15) is 16.7 Å². The van der Waals surface area contributed by atoms with E-state index in [0.717, 1.165) is 23.9 Å². The van der Waals surface area contributed by atoms with E-state index in [0.29, 0.717) is 22.5 Å². The first kappa shape index (κ1) is 19.2. The molecule has 1 aromatic heterocycles. The Hall–Kier alpha value is -3.14. The van der Waals surface area contributed by atoms with Gasteiger partial charge in [-0.3, -0.25) is 19.6 Å². The van der Waals surface area contributed by atoms with Crippen LogP contribution >= 0.6 is 11.8 Å². The highest BCUT2D eigenvalue weighted by atomic mass is 32.2. The van der Waals surface area contributed by atoms with Gasteiger partial charge in [-0.05, 0) is 53.2 Å². The molecule has 3 aromatic rings.